The Balaban J connectivity index is 3.07. The van der Waals surface area contributed by atoms with Gasteiger partial charge in [0.25, 0.3) is 0 Å². The van der Waals surface area contributed by atoms with Crippen molar-refractivity contribution < 1.29 is 0 Å². The molecule has 0 aliphatic carbocycles. The lowest BCUT2D eigenvalue weighted by atomic mass is 10.6. The van der Waals surface area contributed by atoms with E-state index >= 15 is 0 Å². The lowest BCUT2D eigenvalue weighted by Crippen LogP contribution is -1.50. The van der Waals surface area contributed by atoms with Crippen molar-refractivity contribution in [3.05, 3.63) is 23.6 Å². The molecule has 0 rings (SSSR count). The largest absolute Gasteiger partial charge is 0.102 e. The van der Waals surface area contributed by atoms with Crippen LogP contribution < -0.4 is 0 Å². The lowest BCUT2D eigenvalue weighted by molar-refractivity contribution is 2.08. The van der Waals surface area contributed by atoms with E-state index in [1.165, 1.54) is 0 Å². The first-order valence-electron chi connectivity index (χ1n) is 1.58. The maximum absolute atomic E-state index is 3.14. The molecule has 0 unspecified atom stereocenters. The minimum atomic E-state index is 1.77. The molecule has 0 nitrogen and oxygen atoms in total. The molecule has 2 heteroatoms. The van der Waals surface area contributed by atoms with E-state index in [1.807, 2.05) is 12.2 Å². The Hall–Kier alpha value is -0.0862. The van der Waals surface area contributed by atoms with Crippen molar-refractivity contribution in [2.24, 2.45) is 0 Å². The standard InChI is InChI=1S/C4H4Si2/c5-3-1-2-4-6/h1-4H. The minimum Gasteiger partial charge on any atom is -0.102 e. The van der Waals surface area contributed by atoms with Crippen molar-refractivity contribution in [1.29, 1.82) is 0 Å². The van der Waals surface area contributed by atoms with Crippen LogP contribution in [0.2, 0.25) is 0 Å². The zero-order valence-corrected chi connectivity index (χ0v) is 5.31. The molecule has 0 N–H and O–H groups in total. The first kappa shape index (κ1) is 5.91. The lowest BCUT2D eigenvalue weighted by Gasteiger charge is -1.62. The molecule has 6 heavy (non-hydrogen) atoms. The van der Waals surface area contributed by atoms with E-state index in [-0.39, 0.29) is 0 Å². The summed E-state index contributed by atoms with van der Waals surface area (Å²) in [5, 5.41) is 0. The Morgan fingerprint density at radius 3 is 1.33 bits per heavy atom. The van der Waals surface area contributed by atoms with Crippen molar-refractivity contribution in [1.82, 2.24) is 0 Å². The summed E-state index contributed by atoms with van der Waals surface area (Å²) >= 11 is 0. The van der Waals surface area contributed by atoms with E-state index < -0.39 is 0 Å². The predicted molar refractivity (Wildman–Crippen MR) is 29.8 cm³/mol. The molecule has 28 valence electrons. The van der Waals surface area contributed by atoms with Crippen molar-refractivity contribution >= 4 is 20.5 Å². The van der Waals surface area contributed by atoms with Crippen LogP contribution in [0.4, 0.5) is 0 Å². The molecule has 0 aliphatic rings. The Morgan fingerprint density at radius 1 is 0.833 bits per heavy atom. The summed E-state index contributed by atoms with van der Waals surface area (Å²) in [7, 11) is 6.28. The van der Waals surface area contributed by atoms with Crippen LogP contribution in [0.5, 0.6) is 0 Å². The highest BCUT2D eigenvalue weighted by atomic mass is 28.1. The summed E-state index contributed by atoms with van der Waals surface area (Å²) in [6.07, 6.45) is 3.73. The van der Waals surface area contributed by atoms with Gasteiger partial charge in [0.05, 0.1) is 20.5 Å². The fourth-order valence-electron chi connectivity index (χ4n) is 0.111. The van der Waals surface area contributed by atoms with Crippen LogP contribution >= 0.6 is 0 Å². The SMILES string of the molecule is [Si]C=CC=C[Si]. The summed E-state index contributed by atoms with van der Waals surface area (Å²) in [5.41, 5.74) is 3.55. The average Bonchev–Trinajstić information content (AvgIpc) is 1.61. The van der Waals surface area contributed by atoms with E-state index in [1.54, 1.807) is 11.4 Å². The number of rotatable bonds is 1. The average molecular weight is 108 g/mol. The first-order valence-corrected chi connectivity index (χ1v) is 2.73. The van der Waals surface area contributed by atoms with E-state index in [2.05, 4.69) is 20.5 Å². The van der Waals surface area contributed by atoms with Gasteiger partial charge in [-0.25, -0.2) is 0 Å². The third-order valence-electron chi connectivity index (χ3n) is 0.304. The molecule has 6 radical (unpaired) electrons. The molecule has 0 bridgehead atoms. The highest BCUT2D eigenvalue weighted by molar-refractivity contribution is 6.18. The normalized spacial score (nSPS) is 11.7. The molecule has 0 aliphatic heterocycles. The summed E-state index contributed by atoms with van der Waals surface area (Å²) in [4.78, 5) is 0. The summed E-state index contributed by atoms with van der Waals surface area (Å²) in [5.74, 6) is 0. The topological polar surface area (TPSA) is 0 Å². The molecule has 0 spiro atoms. The minimum absolute atomic E-state index is 1.77. The summed E-state index contributed by atoms with van der Waals surface area (Å²) in [6, 6.07) is 0. The first-order chi connectivity index (χ1) is 2.91. The van der Waals surface area contributed by atoms with Crippen molar-refractivity contribution in [3.63, 3.8) is 0 Å². The Labute approximate surface area is 44.8 Å². The summed E-state index contributed by atoms with van der Waals surface area (Å²) < 4.78 is 0. The maximum atomic E-state index is 3.14. The number of hydrogen-bond acceptors (Lipinski definition) is 0. The van der Waals surface area contributed by atoms with Gasteiger partial charge in [-0.1, -0.05) is 12.2 Å². The maximum Gasteiger partial charge on any atom is 0.0600 e. The Morgan fingerprint density at radius 2 is 1.17 bits per heavy atom. The number of hydrogen-bond donors (Lipinski definition) is 0. The third-order valence-corrected chi connectivity index (χ3v) is 0.688. The molecular formula is C4H4Si2. The fraction of sp³-hybridized carbons (Fsp3) is 0. The predicted octanol–water partition coefficient (Wildman–Crippen LogP) is 0.351. The monoisotopic (exact) mass is 108 g/mol. The molecule has 0 saturated carbocycles. The smallest absolute Gasteiger partial charge is 0.0600 e. The van der Waals surface area contributed by atoms with Gasteiger partial charge < -0.3 is 0 Å². The van der Waals surface area contributed by atoms with Gasteiger partial charge in [-0.05, 0) is 0 Å². The van der Waals surface area contributed by atoms with Gasteiger partial charge in [0.2, 0.25) is 0 Å². The third kappa shape index (κ3) is 3.91. The van der Waals surface area contributed by atoms with E-state index in [9.17, 15) is 0 Å². The van der Waals surface area contributed by atoms with Crippen molar-refractivity contribution in [3.8, 4) is 0 Å². The molecule has 0 aromatic rings. The van der Waals surface area contributed by atoms with Gasteiger partial charge in [-0.3, -0.25) is 0 Å². The molecule has 0 fully saturated rings. The highest BCUT2D eigenvalue weighted by Gasteiger charge is 1.49. The molecule has 0 heterocycles. The van der Waals surface area contributed by atoms with Crippen LogP contribution in [-0.4, -0.2) is 20.5 Å². The second-order valence-corrected chi connectivity index (χ2v) is 1.38. The molecule has 0 saturated heterocycles. The van der Waals surface area contributed by atoms with Gasteiger partial charge >= 0.3 is 0 Å². The van der Waals surface area contributed by atoms with E-state index in [4.69, 9.17) is 0 Å². The quantitative estimate of drug-likeness (QED) is 0.336. The van der Waals surface area contributed by atoms with E-state index in [0.717, 1.165) is 0 Å². The zero-order chi connectivity index (χ0) is 4.83. The molecule has 0 amide bonds. The molecule has 0 atom stereocenters. The summed E-state index contributed by atoms with van der Waals surface area (Å²) in [6.45, 7) is 0. The van der Waals surface area contributed by atoms with Crippen LogP contribution in [0.3, 0.4) is 0 Å². The van der Waals surface area contributed by atoms with Crippen LogP contribution in [0, 0.1) is 0 Å². The van der Waals surface area contributed by atoms with Crippen molar-refractivity contribution in [2.75, 3.05) is 0 Å². The molecule has 0 aromatic heterocycles. The van der Waals surface area contributed by atoms with Gasteiger partial charge in [0, 0.05) is 0 Å². The molecule has 0 aromatic carbocycles. The van der Waals surface area contributed by atoms with Crippen LogP contribution in [0.15, 0.2) is 23.6 Å². The highest BCUT2D eigenvalue weighted by Crippen LogP contribution is 1.65. The van der Waals surface area contributed by atoms with Crippen LogP contribution in [-0.2, 0) is 0 Å². The fourth-order valence-corrected chi connectivity index (χ4v) is 0.333. The number of allylic oxidation sites excluding steroid dienone is 2. The zero-order valence-electron chi connectivity index (χ0n) is 3.31. The van der Waals surface area contributed by atoms with Crippen LogP contribution in [0.25, 0.3) is 0 Å². The second kappa shape index (κ2) is 4.91. The van der Waals surface area contributed by atoms with Gasteiger partial charge in [0.15, 0.2) is 0 Å². The van der Waals surface area contributed by atoms with Gasteiger partial charge in [-0.15, -0.1) is 11.4 Å². The Bertz CT molecular complexity index is 53.9. The molecular weight excluding hydrogens is 104 g/mol. The van der Waals surface area contributed by atoms with Gasteiger partial charge in [-0.2, -0.15) is 0 Å². The van der Waals surface area contributed by atoms with Gasteiger partial charge in [0.1, 0.15) is 0 Å². The second-order valence-electron chi connectivity index (χ2n) is 0.718. The van der Waals surface area contributed by atoms with E-state index in [0.29, 0.717) is 0 Å². The van der Waals surface area contributed by atoms with Crippen molar-refractivity contribution in [2.45, 2.75) is 0 Å². The Kier molecular flexibility index (Phi) is 4.84. The van der Waals surface area contributed by atoms with Crippen LogP contribution in [0.1, 0.15) is 0 Å².